The van der Waals surface area contributed by atoms with E-state index in [1.807, 2.05) is 0 Å². The molecule has 0 aromatic rings. The van der Waals surface area contributed by atoms with Gasteiger partial charge in [-0.3, -0.25) is 14.4 Å². The number of hydrogen-bond donors (Lipinski definition) is 0. The van der Waals surface area contributed by atoms with E-state index in [0.717, 1.165) is 64.2 Å². The average Bonchev–Trinajstić information content (AvgIpc) is 3.48. The maximum absolute atomic E-state index is 13.0. The summed E-state index contributed by atoms with van der Waals surface area (Å²) >= 11 is 0. The summed E-state index contributed by atoms with van der Waals surface area (Å²) in [6, 6.07) is 0. The molecule has 0 heterocycles. The van der Waals surface area contributed by atoms with Gasteiger partial charge in [0.25, 0.3) is 0 Å². The Morgan fingerprint density at radius 3 is 0.675 bits per heavy atom. The van der Waals surface area contributed by atoms with Crippen molar-refractivity contribution in [2.45, 2.75) is 425 Å². The molecule has 0 saturated heterocycles. The molecule has 0 aliphatic carbocycles. The van der Waals surface area contributed by atoms with Gasteiger partial charge in [-0.05, 0) is 77.0 Å². The number of esters is 3. The van der Waals surface area contributed by atoms with Crippen LogP contribution in [-0.4, -0.2) is 37.2 Å². The average molecular weight is 1170 g/mol. The van der Waals surface area contributed by atoms with Crippen LogP contribution in [-0.2, 0) is 28.6 Å². The van der Waals surface area contributed by atoms with E-state index in [-0.39, 0.29) is 31.1 Å². The molecule has 0 bridgehead atoms. The smallest absolute Gasteiger partial charge is 0.306 e. The monoisotopic (exact) mass is 1170 g/mol. The van der Waals surface area contributed by atoms with Gasteiger partial charge in [-0.25, -0.2) is 0 Å². The van der Waals surface area contributed by atoms with Crippen LogP contribution in [0.2, 0.25) is 0 Å². The zero-order chi connectivity index (χ0) is 59.9. The first kappa shape index (κ1) is 80.6. The Hall–Kier alpha value is -2.37. The van der Waals surface area contributed by atoms with Crippen molar-refractivity contribution in [3.05, 3.63) is 36.5 Å². The Morgan fingerprint density at radius 1 is 0.241 bits per heavy atom. The molecule has 0 saturated carbocycles. The molecule has 0 radical (unpaired) electrons. The van der Waals surface area contributed by atoms with E-state index in [4.69, 9.17) is 14.2 Å². The molecule has 0 N–H and O–H groups in total. The molecule has 1 unspecified atom stereocenters. The van der Waals surface area contributed by atoms with Crippen molar-refractivity contribution in [2.24, 2.45) is 0 Å². The number of hydrogen-bond acceptors (Lipinski definition) is 6. The fourth-order valence-corrected chi connectivity index (χ4v) is 11.5. The number of rotatable bonds is 70. The van der Waals surface area contributed by atoms with Gasteiger partial charge < -0.3 is 14.2 Å². The fraction of sp³-hybridized carbons (Fsp3) is 0.883. The zero-order valence-electron chi connectivity index (χ0n) is 56.2. The van der Waals surface area contributed by atoms with Crippen molar-refractivity contribution in [2.75, 3.05) is 13.2 Å². The van der Waals surface area contributed by atoms with Crippen molar-refractivity contribution >= 4 is 17.9 Å². The highest BCUT2D eigenvalue weighted by Crippen LogP contribution is 2.19. The van der Waals surface area contributed by atoms with Gasteiger partial charge in [-0.15, -0.1) is 0 Å². The lowest BCUT2D eigenvalue weighted by molar-refractivity contribution is -0.167. The lowest BCUT2D eigenvalue weighted by Gasteiger charge is -2.18. The van der Waals surface area contributed by atoms with Crippen LogP contribution in [0.15, 0.2) is 36.5 Å². The van der Waals surface area contributed by atoms with Crippen LogP contribution >= 0.6 is 0 Å². The molecule has 83 heavy (non-hydrogen) atoms. The van der Waals surface area contributed by atoms with Gasteiger partial charge in [0.05, 0.1) is 0 Å². The summed E-state index contributed by atoms with van der Waals surface area (Å²) in [5.41, 5.74) is 0. The third-order valence-electron chi connectivity index (χ3n) is 17.1. The lowest BCUT2D eigenvalue weighted by Crippen LogP contribution is -2.30. The molecular formula is C77H144O6. The van der Waals surface area contributed by atoms with E-state index in [9.17, 15) is 14.4 Å². The molecule has 488 valence electrons. The minimum Gasteiger partial charge on any atom is -0.462 e. The summed E-state index contributed by atoms with van der Waals surface area (Å²) in [6.07, 6.45) is 90.5. The number of carbonyl (C=O) groups excluding carboxylic acids is 3. The van der Waals surface area contributed by atoms with Crippen LogP contribution in [0.25, 0.3) is 0 Å². The standard InChI is InChI=1S/C77H144O6/c1-4-7-10-13-16-19-22-24-26-28-30-32-34-36-37-38-39-41-42-44-46-48-50-52-55-58-61-64-67-70-76(79)82-73-74(72-81-75(78)69-66-63-60-57-54-21-18-15-12-9-6-3)83-77(80)71-68-65-62-59-56-53-51-49-47-45-43-40-35-33-31-29-27-25-23-20-17-14-11-8-5-2/h23,25,28-31,74H,4-22,24,26-27,32-73H2,1-3H3/b25-23-,30-28-,31-29-. The molecule has 0 aliphatic rings. The van der Waals surface area contributed by atoms with Gasteiger partial charge in [-0.2, -0.15) is 0 Å². The molecule has 0 aliphatic heterocycles. The second-order valence-corrected chi connectivity index (χ2v) is 25.6. The second kappa shape index (κ2) is 72.1. The summed E-state index contributed by atoms with van der Waals surface area (Å²) in [6.45, 7) is 6.70. The molecule has 0 amide bonds. The molecule has 0 spiro atoms. The van der Waals surface area contributed by atoms with Crippen molar-refractivity contribution in [1.82, 2.24) is 0 Å². The molecule has 0 aromatic heterocycles. The van der Waals surface area contributed by atoms with Crippen LogP contribution in [0.1, 0.15) is 419 Å². The summed E-state index contributed by atoms with van der Waals surface area (Å²) in [5.74, 6) is -0.837. The third kappa shape index (κ3) is 70.3. The normalized spacial score (nSPS) is 12.2. The Labute approximate surface area is 518 Å². The van der Waals surface area contributed by atoms with Gasteiger partial charge >= 0.3 is 17.9 Å². The zero-order valence-corrected chi connectivity index (χ0v) is 56.2. The molecular weight excluding hydrogens is 1020 g/mol. The van der Waals surface area contributed by atoms with Gasteiger partial charge in [-0.1, -0.05) is 359 Å². The van der Waals surface area contributed by atoms with Crippen LogP contribution in [0.3, 0.4) is 0 Å². The quantitative estimate of drug-likeness (QED) is 0.0261. The SMILES string of the molecule is CCCCCCC/C=C\C/C=C\CCCCCCCCCCCCCCCC(=O)OC(COC(=O)CCCCCCCCCCCCC)COC(=O)CCCCCCCCCCCCCCCCCCC/C=C\CCCCCCCCCC. The number of ether oxygens (including phenoxy) is 3. The fourth-order valence-electron chi connectivity index (χ4n) is 11.5. The first-order valence-electron chi connectivity index (χ1n) is 37.5. The maximum atomic E-state index is 13.0. The van der Waals surface area contributed by atoms with Gasteiger partial charge in [0.1, 0.15) is 13.2 Å². The van der Waals surface area contributed by atoms with E-state index in [0.29, 0.717) is 19.3 Å². The minimum absolute atomic E-state index is 0.0662. The number of unbranched alkanes of at least 4 members (excludes halogenated alkanes) is 53. The van der Waals surface area contributed by atoms with Crippen molar-refractivity contribution in [1.29, 1.82) is 0 Å². The van der Waals surface area contributed by atoms with Crippen LogP contribution in [0.5, 0.6) is 0 Å². The maximum Gasteiger partial charge on any atom is 0.306 e. The van der Waals surface area contributed by atoms with Crippen LogP contribution in [0, 0.1) is 0 Å². The Balaban J connectivity index is 4.14. The molecule has 0 fully saturated rings. The van der Waals surface area contributed by atoms with E-state index < -0.39 is 6.10 Å². The van der Waals surface area contributed by atoms with Gasteiger partial charge in [0.15, 0.2) is 6.10 Å². The Kier molecular flexibility index (Phi) is 70.0. The summed E-state index contributed by atoms with van der Waals surface area (Å²) in [7, 11) is 0. The van der Waals surface area contributed by atoms with Crippen molar-refractivity contribution in [3.8, 4) is 0 Å². The predicted octanol–water partition coefficient (Wildman–Crippen LogP) is 25.9. The van der Waals surface area contributed by atoms with E-state index >= 15 is 0 Å². The summed E-state index contributed by atoms with van der Waals surface area (Å²) < 4.78 is 17.0. The first-order valence-corrected chi connectivity index (χ1v) is 37.5. The summed E-state index contributed by atoms with van der Waals surface area (Å²) in [5, 5.41) is 0. The van der Waals surface area contributed by atoms with Crippen LogP contribution in [0.4, 0.5) is 0 Å². The molecule has 0 aromatic carbocycles. The Morgan fingerprint density at radius 2 is 0.434 bits per heavy atom. The summed E-state index contributed by atoms with van der Waals surface area (Å²) in [4.78, 5) is 38.4. The van der Waals surface area contributed by atoms with Crippen molar-refractivity contribution in [3.63, 3.8) is 0 Å². The first-order chi connectivity index (χ1) is 41.0. The molecule has 1 atom stereocenters. The molecule has 6 nitrogen and oxygen atoms in total. The van der Waals surface area contributed by atoms with Gasteiger partial charge in [0.2, 0.25) is 0 Å². The van der Waals surface area contributed by atoms with E-state index in [1.54, 1.807) is 0 Å². The number of carbonyl (C=O) groups is 3. The highest BCUT2D eigenvalue weighted by molar-refractivity contribution is 5.71. The highest BCUT2D eigenvalue weighted by Gasteiger charge is 2.20. The lowest BCUT2D eigenvalue weighted by atomic mass is 10.0. The van der Waals surface area contributed by atoms with E-state index in [2.05, 4.69) is 57.2 Å². The largest absolute Gasteiger partial charge is 0.462 e. The second-order valence-electron chi connectivity index (χ2n) is 25.6. The van der Waals surface area contributed by atoms with E-state index in [1.165, 1.54) is 315 Å². The molecule has 0 rings (SSSR count). The molecule has 6 heteroatoms. The highest BCUT2D eigenvalue weighted by atomic mass is 16.6. The van der Waals surface area contributed by atoms with Crippen molar-refractivity contribution < 1.29 is 28.6 Å². The van der Waals surface area contributed by atoms with Crippen LogP contribution < -0.4 is 0 Å². The minimum atomic E-state index is -0.770. The number of allylic oxidation sites excluding steroid dienone is 6. The predicted molar refractivity (Wildman–Crippen MR) is 362 cm³/mol. The third-order valence-corrected chi connectivity index (χ3v) is 17.1. The topological polar surface area (TPSA) is 78.9 Å². The van der Waals surface area contributed by atoms with Gasteiger partial charge in [0, 0.05) is 19.3 Å². The Bertz CT molecular complexity index is 1380.